The number of hydrogen-bond donors (Lipinski definition) is 0. The Morgan fingerprint density at radius 3 is 2.44 bits per heavy atom. The summed E-state index contributed by atoms with van der Waals surface area (Å²) >= 11 is 1.32. The van der Waals surface area contributed by atoms with Gasteiger partial charge in [0.15, 0.2) is 11.2 Å². The summed E-state index contributed by atoms with van der Waals surface area (Å²) in [6, 6.07) is 12.7. The maximum Gasteiger partial charge on any atom is 0.347 e. The number of amides is 1. The molecule has 0 aliphatic rings. The van der Waals surface area contributed by atoms with E-state index in [2.05, 4.69) is 4.98 Å². The first-order chi connectivity index (χ1) is 15.3. The van der Waals surface area contributed by atoms with E-state index in [1.165, 1.54) is 18.3 Å². The van der Waals surface area contributed by atoms with Crippen LogP contribution in [0.1, 0.15) is 30.7 Å². The molecule has 3 rings (SSSR count). The average Bonchev–Trinajstić information content (AvgIpc) is 3.23. The van der Waals surface area contributed by atoms with Crippen molar-refractivity contribution in [2.45, 2.75) is 40.4 Å². The van der Waals surface area contributed by atoms with Crippen molar-refractivity contribution in [1.29, 1.82) is 0 Å². The van der Waals surface area contributed by atoms with Crippen LogP contribution in [0.5, 0.6) is 11.5 Å². The molecule has 1 aromatic heterocycles. The maximum atomic E-state index is 12.4. The molecule has 8 heteroatoms. The fraction of sp³-hybridized carbons (Fsp3) is 0.292. The first kappa shape index (κ1) is 23.3. The minimum Gasteiger partial charge on any atom is -0.497 e. The Morgan fingerprint density at radius 2 is 1.78 bits per heavy atom. The van der Waals surface area contributed by atoms with Crippen LogP contribution in [0.25, 0.3) is 0 Å². The van der Waals surface area contributed by atoms with E-state index in [1.54, 1.807) is 48.6 Å². The van der Waals surface area contributed by atoms with Crippen LogP contribution in [-0.4, -0.2) is 30.1 Å². The van der Waals surface area contributed by atoms with Gasteiger partial charge in [-0.05, 0) is 62.2 Å². The molecule has 2 aromatic carbocycles. The third kappa shape index (κ3) is 5.45. The van der Waals surface area contributed by atoms with Gasteiger partial charge in [-0.1, -0.05) is 12.1 Å². The topological polar surface area (TPSA) is 78.0 Å². The summed E-state index contributed by atoms with van der Waals surface area (Å²) in [7, 11) is 1.58. The van der Waals surface area contributed by atoms with Gasteiger partial charge in [-0.25, -0.2) is 9.78 Å². The summed E-state index contributed by atoms with van der Waals surface area (Å²) in [5, 5.41) is 2.30. The third-order valence-electron chi connectivity index (χ3n) is 4.93. The lowest BCUT2D eigenvalue weighted by Crippen LogP contribution is -2.26. The number of hydrogen-bond acceptors (Lipinski definition) is 7. The van der Waals surface area contributed by atoms with Crippen LogP contribution in [-0.2, 0) is 20.9 Å². The fourth-order valence-corrected chi connectivity index (χ4v) is 3.88. The zero-order valence-electron chi connectivity index (χ0n) is 18.7. The van der Waals surface area contributed by atoms with E-state index in [0.29, 0.717) is 22.3 Å². The molecule has 0 aliphatic carbocycles. The molecular weight excluding hydrogens is 428 g/mol. The summed E-state index contributed by atoms with van der Waals surface area (Å²) in [6.45, 7) is 7.09. The molecule has 0 N–H and O–H groups in total. The normalized spacial score (nSPS) is 11.5. The molecular formula is C24H26N2O5S. The molecule has 1 heterocycles. The highest BCUT2D eigenvalue weighted by Gasteiger charge is 2.21. The minimum absolute atomic E-state index is 0.00973. The Kier molecular flexibility index (Phi) is 7.48. The van der Waals surface area contributed by atoms with Gasteiger partial charge in [-0.15, -0.1) is 11.3 Å². The largest absolute Gasteiger partial charge is 0.497 e. The molecule has 32 heavy (non-hydrogen) atoms. The smallest absolute Gasteiger partial charge is 0.347 e. The second-order valence-electron chi connectivity index (χ2n) is 7.24. The highest BCUT2D eigenvalue weighted by molar-refractivity contribution is 7.14. The van der Waals surface area contributed by atoms with Gasteiger partial charge in [-0.2, -0.15) is 0 Å². The quantitative estimate of drug-likeness (QED) is 0.448. The molecule has 1 atom stereocenters. The van der Waals surface area contributed by atoms with Crippen LogP contribution < -0.4 is 14.4 Å². The molecule has 3 aromatic rings. The molecule has 168 valence electrons. The number of methoxy groups -OCH3 is 1. The number of carbonyl (C=O) groups is 2. The van der Waals surface area contributed by atoms with Gasteiger partial charge in [0.2, 0.25) is 5.91 Å². The van der Waals surface area contributed by atoms with E-state index in [0.717, 1.165) is 16.8 Å². The average molecular weight is 455 g/mol. The van der Waals surface area contributed by atoms with Crippen molar-refractivity contribution in [3.05, 3.63) is 64.7 Å². The van der Waals surface area contributed by atoms with E-state index in [9.17, 15) is 9.59 Å². The molecule has 0 saturated carbocycles. The lowest BCUT2D eigenvalue weighted by atomic mass is 10.1. The highest BCUT2D eigenvalue weighted by atomic mass is 32.1. The molecule has 0 saturated heterocycles. The Bertz CT molecular complexity index is 1090. The van der Waals surface area contributed by atoms with Crippen molar-refractivity contribution < 1.29 is 23.8 Å². The summed E-state index contributed by atoms with van der Waals surface area (Å²) in [6.07, 6.45) is -0.787. The van der Waals surface area contributed by atoms with Crippen molar-refractivity contribution >= 4 is 34.0 Å². The standard InChI is InChI=1S/C24H26N2O5S/c1-15-7-6-8-22(16(15)2)26(18(4)27)24-25-19(14-32-24)13-30-23(28)17(3)31-21-11-9-20(29-5)10-12-21/h6-12,14,17H,13H2,1-5H3. The summed E-state index contributed by atoms with van der Waals surface area (Å²) < 4.78 is 16.1. The van der Waals surface area contributed by atoms with Crippen LogP contribution in [0.2, 0.25) is 0 Å². The molecule has 1 amide bonds. The number of ether oxygens (including phenoxy) is 3. The van der Waals surface area contributed by atoms with Crippen molar-refractivity contribution in [3.8, 4) is 11.5 Å². The molecule has 0 spiro atoms. The van der Waals surface area contributed by atoms with Gasteiger partial charge in [0.1, 0.15) is 18.1 Å². The summed E-state index contributed by atoms with van der Waals surface area (Å²) in [5.41, 5.74) is 3.45. The minimum atomic E-state index is -0.787. The summed E-state index contributed by atoms with van der Waals surface area (Å²) in [4.78, 5) is 30.8. The Morgan fingerprint density at radius 1 is 1.09 bits per heavy atom. The Labute approximate surface area is 191 Å². The van der Waals surface area contributed by atoms with Crippen LogP contribution in [0.3, 0.4) is 0 Å². The zero-order chi connectivity index (χ0) is 23.3. The van der Waals surface area contributed by atoms with E-state index in [1.807, 2.05) is 32.0 Å². The molecule has 0 radical (unpaired) electrons. The maximum absolute atomic E-state index is 12.4. The number of thiazole rings is 1. The Hall–Kier alpha value is -3.39. The van der Waals surface area contributed by atoms with Crippen molar-refractivity contribution in [3.63, 3.8) is 0 Å². The Balaban J connectivity index is 1.64. The second kappa shape index (κ2) is 10.3. The summed E-state index contributed by atoms with van der Waals surface area (Å²) in [5.74, 6) is 0.593. The van der Waals surface area contributed by atoms with E-state index >= 15 is 0 Å². The number of anilines is 2. The van der Waals surface area contributed by atoms with Crippen LogP contribution in [0, 0.1) is 13.8 Å². The molecule has 0 fully saturated rings. The SMILES string of the molecule is COc1ccc(OC(C)C(=O)OCc2csc(N(C(C)=O)c3cccc(C)c3C)n2)cc1. The second-order valence-corrected chi connectivity index (χ2v) is 8.07. The lowest BCUT2D eigenvalue weighted by molar-refractivity contribution is -0.152. The van der Waals surface area contributed by atoms with Crippen molar-refractivity contribution in [2.24, 2.45) is 0 Å². The number of benzene rings is 2. The van der Waals surface area contributed by atoms with Crippen LogP contribution >= 0.6 is 11.3 Å². The number of carbonyl (C=O) groups excluding carboxylic acids is 2. The van der Waals surface area contributed by atoms with Gasteiger partial charge in [0.25, 0.3) is 0 Å². The number of nitrogens with zero attached hydrogens (tertiary/aromatic N) is 2. The number of rotatable bonds is 8. The van der Waals surface area contributed by atoms with E-state index < -0.39 is 12.1 Å². The number of esters is 1. The third-order valence-corrected chi connectivity index (χ3v) is 5.80. The first-order valence-electron chi connectivity index (χ1n) is 10.1. The predicted octanol–water partition coefficient (Wildman–Crippen LogP) is 4.96. The van der Waals surface area contributed by atoms with Gasteiger partial charge in [0, 0.05) is 12.3 Å². The first-order valence-corrected chi connectivity index (χ1v) is 11.0. The molecule has 1 unspecified atom stereocenters. The monoisotopic (exact) mass is 454 g/mol. The van der Waals surface area contributed by atoms with Crippen molar-refractivity contribution in [2.75, 3.05) is 12.0 Å². The fourth-order valence-electron chi connectivity index (χ4n) is 3.02. The van der Waals surface area contributed by atoms with Crippen LogP contribution in [0.4, 0.5) is 10.8 Å². The zero-order valence-corrected chi connectivity index (χ0v) is 19.6. The van der Waals surface area contributed by atoms with Crippen LogP contribution in [0.15, 0.2) is 47.8 Å². The predicted molar refractivity (Wildman–Crippen MR) is 124 cm³/mol. The van der Waals surface area contributed by atoms with Gasteiger partial charge in [0.05, 0.1) is 18.5 Å². The highest BCUT2D eigenvalue weighted by Crippen LogP contribution is 2.32. The molecule has 0 bridgehead atoms. The lowest BCUT2D eigenvalue weighted by Gasteiger charge is -2.21. The van der Waals surface area contributed by atoms with Crippen molar-refractivity contribution in [1.82, 2.24) is 4.98 Å². The molecule has 7 nitrogen and oxygen atoms in total. The van der Waals surface area contributed by atoms with E-state index in [4.69, 9.17) is 14.2 Å². The van der Waals surface area contributed by atoms with E-state index in [-0.39, 0.29) is 12.5 Å². The molecule has 0 aliphatic heterocycles. The van der Waals surface area contributed by atoms with Gasteiger partial charge < -0.3 is 14.2 Å². The van der Waals surface area contributed by atoms with Gasteiger partial charge in [-0.3, -0.25) is 9.69 Å². The number of aromatic nitrogens is 1. The number of aryl methyl sites for hydroxylation is 1. The van der Waals surface area contributed by atoms with Gasteiger partial charge >= 0.3 is 5.97 Å².